The van der Waals surface area contributed by atoms with Crippen LogP contribution in [0, 0.1) is 19.7 Å². The normalized spacial score (nSPS) is 11.1. The van der Waals surface area contributed by atoms with E-state index in [2.05, 4.69) is 14.8 Å². The van der Waals surface area contributed by atoms with E-state index < -0.39 is 40.9 Å². The molecule has 0 aromatic heterocycles. The summed E-state index contributed by atoms with van der Waals surface area (Å²) in [4.78, 5) is 23.4. The van der Waals surface area contributed by atoms with Crippen LogP contribution in [0.5, 0.6) is 0 Å². The molecular weight excluding hydrogens is 375 g/mol. The lowest BCUT2D eigenvalue weighted by atomic mass is 10.2. The first-order chi connectivity index (χ1) is 12.7. The van der Waals surface area contributed by atoms with Crippen LogP contribution in [0.4, 0.5) is 10.1 Å². The molecule has 0 saturated heterocycles. The Balaban J connectivity index is 1.81. The molecule has 0 unspecified atom stereocenters. The quantitative estimate of drug-likeness (QED) is 0.699. The summed E-state index contributed by atoms with van der Waals surface area (Å²) in [6.45, 7) is 2.21. The smallest absolute Gasteiger partial charge is 0.321 e. The molecule has 1 amide bonds. The maximum absolute atomic E-state index is 13.6. The van der Waals surface area contributed by atoms with Crippen LogP contribution in [0.1, 0.15) is 11.1 Å². The van der Waals surface area contributed by atoms with Crippen LogP contribution in [0.3, 0.4) is 0 Å². The zero-order valence-corrected chi connectivity index (χ0v) is 15.6. The fraction of sp³-hybridized carbons (Fsp3) is 0.222. The van der Waals surface area contributed by atoms with E-state index in [1.165, 1.54) is 24.3 Å². The summed E-state index contributed by atoms with van der Waals surface area (Å²) < 4.78 is 44.5. The first kappa shape index (κ1) is 20.5. The topological polar surface area (TPSA) is 102 Å². The van der Waals surface area contributed by atoms with Crippen LogP contribution in [-0.2, 0) is 24.3 Å². The number of sulfonamides is 1. The molecule has 0 aliphatic carbocycles. The number of ether oxygens (including phenoxy) is 1. The van der Waals surface area contributed by atoms with Crippen molar-refractivity contribution in [2.75, 3.05) is 18.5 Å². The fourth-order valence-electron chi connectivity index (χ4n) is 2.06. The van der Waals surface area contributed by atoms with Gasteiger partial charge in [-0.15, -0.1) is 0 Å². The van der Waals surface area contributed by atoms with Crippen molar-refractivity contribution in [3.05, 3.63) is 59.4 Å². The third-order valence-electron chi connectivity index (χ3n) is 3.50. The van der Waals surface area contributed by atoms with Gasteiger partial charge in [-0.05, 0) is 43.7 Å². The van der Waals surface area contributed by atoms with E-state index in [1.807, 2.05) is 6.92 Å². The Bertz CT molecular complexity index is 943. The van der Waals surface area contributed by atoms with Gasteiger partial charge in [0.1, 0.15) is 12.4 Å². The number of esters is 1. The Morgan fingerprint density at radius 3 is 2.30 bits per heavy atom. The molecule has 0 atom stereocenters. The van der Waals surface area contributed by atoms with Gasteiger partial charge in [-0.3, -0.25) is 9.59 Å². The number of carbonyl (C=O) groups is 2. The predicted octanol–water partition coefficient (Wildman–Crippen LogP) is 1.90. The first-order valence-electron chi connectivity index (χ1n) is 7.95. The molecule has 0 aliphatic heterocycles. The molecule has 144 valence electrons. The molecular formula is C18H19FN2O5S. The molecule has 0 fully saturated rings. The summed E-state index contributed by atoms with van der Waals surface area (Å²) in [6, 6.07) is 10.3. The van der Waals surface area contributed by atoms with Gasteiger partial charge in [0.25, 0.3) is 5.91 Å². The number of hydrogen-bond donors (Lipinski definition) is 2. The molecule has 0 bridgehead atoms. The van der Waals surface area contributed by atoms with Gasteiger partial charge >= 0.3 is 5.97 Å². The molecule has 2 aromatic rings. The van der Waals surface area contributed by atoms with Crippen LogP contribution >= 0.6 is 0 Å². The third kappa shape index (κ3) is 6.15. The number of halogens is 1. The Morgan fingerprint density at radius 1 is 1.04 bits per heavy atom. The highest BCUT2D eigenvalue weighted by atomic mass is 32.2. The summed E-state index contributed by atoms with van der Waals surface area (Å²) in [5, 5.41) is 2.27. The molecule has 2 aromatic carbocycles. The van der Waals surface area contributed by atoms with Crippen LogP contribution in [0.25, 0.3) is 0 Å². The minimum Gasteiger partial charge on any atom is -0.455 e. The Kier molecular flexibility index (Phi) is 6.65. The second-order valence-corrected chi connectivity index (χ2v) is 7.60. The van der Waals surface area contributed by atoms with Crippen LogP contribution < -0.4 is 10.0 Å². The Labute approximate surface area is 156 Å². The summed E-state index contributed by atoms with van der Waals surface area (Å²) >= 11 is 0. The van der Waals surface area contributed by atoms with Gasteiger partial charge < -0.3 is 10.1 Å². The van der Waals surface area contributed by atoms with E-state index in [9.17, 15) is 22.4 Å². The minimum absolute atomic E-state index is 0.00786. The Morgan fingerprint density at radius 2 is 1.67 bits per heavy atom. The zero-order chi connectivity index (χ0) is 20.0. The van der Waals surface area contributed by atoms with Crippen molar-refractivity contribution in [3.63, 3.8) is 0 Å². The lowest BCUT2D eigenvalue weighted by Gasteiger charge is -2.09. The summed E-state index contributed by atoms with van der Waals surface area (Å²) in [5.41, 5.74) is 1.55. The largest absolute Gasteiger partial charge is 0.455 e. The van der Waals surface area contributed by atoms with Crippen molar-refractivity contribution >= 4 is 27.6 Å². The summed E-state index contributed by atoms with van der Waals surface area (Å²) in [6.07, 6.45) is 0. The van der Waals surface area contributed by atoms with E-state index in [-0.39, 0.29) is 10.6 Å². The van der Waals surface area contributed by atoms with Crippen LogP contribution in [0.15, 0.2) is 47.4 Å². The molecule has 0 saturated carbocycles. The number of hydrogen-bond acceptors (Lipinski definition) is 5. The van der Waals surface area contributed by atoms with Gasteiger partial charge in [-0.1, -0.05) is 23.8 Å². The van der Waals surface area contributed by atoms with Gasteiger partial charge in [-0.25, -0.2) is 12.8 Å². The highest BCUT2D eigenvalue weighted by Gasteiger charge is 2.16. The monoisotopic (exact) mass is 394 g/mol. The second kappa shape index (κ2) is 8.74. The second-order valence-electron chi connectivity index (χ2n) is 5.83. The number of aryl methyl sites for hydroxylation is 2. The highest BCUT2D eigenvalue weighted by molar-refractivity contribution is 7.89. The molecule has 27 heavy (non-hydrogen) atoms. The lowest BCUT2D eigenvalue weighted by molar-refractivity contribution is -0.146. The van der Waals surface area contributed by atoms with Gasteiger partial charge in [0.2, 0.25) is 10.0 Å². The number of nitrogens with one attached hydrogen (secondary N) is 2. The van der Waals surface area contributed by atoms with Crippen LogP contribution in [0.2, 0.25) is 0 Å². The van der Waals surface area contributed by atoms with Crippen molar-refractivity contribution in [1.82, 2.24) is 4.72 Å². The van der Waals surface area contributed by atoms with Gasteiger partial charge in [-0.2, -0.15) is 4.72 Å². The maximum atomic E-state index is 13.6. The standard InChI is InChI=1S/C18H19FN2O5S/c1-12-3-6-14(7-4-12)27(24,25)20-10-18(23)26-11-17(22)21-16-8-5-13(2)9-15(16)19/h3-9,20H,10-11H2,1-2H3,(H,21,22). The van der Waals surface area contributed by atoms with Crippen molar-refractivity contribution in [2.45, 2.75) is 18.7 Å². The molecule has 0 heterocycles. The fourth-order valence-corrected chi connectivity index (χ4v) is 3.03. The van der Waals surface area contributed by atoms with E-state index >= 15 is 0 Å². The average molecular weight is 394 g/mol. The number of anilines is 1. The zero-order valence-electron chi connectivity index (χ0n) is 14.8. The average Bonchev–Trinajstić information content (AvgIpc) is 2.61. The van der Waals surface area contributed by atoms with E-state index in [1.54, 1.807) is 25.1 Å². The molecule has 0 aliphatic rings. The van der Waals surface area contributed by atoms with Crippen molar-refractivity contribution in [2.24, 2.45) is 0 Å². The molecule has 2 N–H and O–H groups in total. The number of benzene rings is 2. The van der Waals surface area contributed by atoms with Gasteiger partial charge in [0.15, 0.2) is 6.61 Å². The third-order valence-corrected chi connectivity index (χ3v) is 4.92. The molecule has 0 radical (unpaired) electrons. The van der Waals surface area contributed by atoms with E-state index in [0.29, 0.717) is 5.56 Å². The molecule has 9 heteroatoms. The molecule has 2 rings (SSSR count). The highest BCUT2D eigenvalue weighted by Crippen LogP contribution is 2.15. The van der Waals surface area contributed by atoms with Gasteiger partial charge in [0.05, 0.1) is 10.6 Å². The van der Waals surface area contributed by atoms with E-state index in [4.69, 9.17) is 0 Å². The summed E-state index contributed by atoms with van der Waals surface area (Å²) in [7, 11) is -3.87. The van der Waals surface area contributed by atoms with Gasteiger partial charge in [0, 0.05) is 0 Å². The SMILES string of the molecule is Cc1ccc(S(=O)(=O)NCC(=O)OCC(=O)Nc2ccc(C)cc2F)cc1. The Hall–Kier alpha value is -2.78. The van der Waals surface area contributed by atoms with E-state index in [0.717, 1.165) is 5.56 Å². The maximum Gasteiger partial charge on any atom is 0.321 e. The number of rotatable bonds is 7. The first-order valence-corrected chi connectivity index (χ1v) is 9.43. The van der Waals surface area contributed by atoms with Crippen molar-refractivity contribution in [3.8, 4) is 0 Å². The minimum atomic E-state index is -3.87. The molecule has 0 spiro atoms. The van der Waals surface area contributed by atoms with Crippen molar-refractivity contribution in [1.29, 1.82) is 0 Å². The number of amides is 1. The van der Waals surface area contributed by atoms with Crippen molar-refractivity contribution < 1.29 is 27.1 Å². The summed E-state index contributed by atoms with van der Waals surface area (Å²) in [5.74, 6) is -2.29. The number of carbonyl (C=O) groups excluding carboxylic acids is 2. The van der Waals surface area contributed by atoms with Crippen LogP contribution in [-0.4, -0.2) is 33.4 Å². The predicted molar refractivity (Wildman–Crippen MR) is 97.1 cm³/mol. The molecule has 7 nitrogen and oxygen atoms in total. The lowest BCUT2D eigenvalue weighted by Crippen LogP contribution is -2.32.